The van der Waals surface area contributed by atoms with Crippen LogP contribution in [0.3, 0.4) is 0 Å². The summed E-state index contributed by atoms with van der Waals surface area (Å²) in [6.07, 6.45) is 0. The summed E-state index contributed by atoms with van der Waals surface area (Å²) in [6, 6.07) is 21.5. The predicted molar refractivity (Wildman–Crippen MR) is 109 cm³/mol. The minimum absolute atomic E-state index is 0.0564. The molecular weight excluding hydrogens is 372 g/mol. The highest BCUT2D eigenvalue weighted by Crippen LogP contribution is 2.29. The molecule has 0 saturated carbocycles. The zero-order valence-electron chi connectivity index (χ0n) is 15.8. The number of carbonyl (C=O) groups excluding carboxylic acids is 1. The van der Waals surface area contributed by atoms with Crippen LogP contribution in [0.1, 0.15) is 10.4 Å². The molecule has 1 N–H and O–H groups in total. The highest BCUT2D eigenvalue weighted by atomic mass is 16.6. The zero-order chi connectivity index (χ0) is 20.6. The molecule has 1 amide bonds. The second kappa shape index (κ2) is 9.36. The lowest BCUT2D eigenvalue weighted by atomic mass is 10.1. The molecule has 0 aliphatic carbocycles. The van der Waals surface area contributed by atoms with Gasteiger partial charge in [0.1, 0.15) is 23.7 Å². The molecule has 148 valence electrons. The maximum atomic E-state index is 12.4. The van der Waals surface area contributed by atoms with Crippen molar-refractivity contribution in [2.24, 2.45) is 0 Å². The van der Waals surface area contributed by atoms with Gasteiger partial charge in [0.15, 0.2) is 0 Å². The summed E-state index contributed by atoms with van der Waals surface area (Å²) in [7, 11) is 1.43. The van der Waals surface area contributed by atoms with Crippen LogP contribution in [0.2, 0.25) is 0 Å². The molecule has 3 aromatic rings. The normalized spacial score (nSPS) is 10.2. The Morgan fingerprint density at radius 3 is 2.48 bits per heavy atom. The Labute approximate surface area is 168 Å². The third-order valence-electron chi connectivity index (χ3n) is 4.26. The van der Waals surface area contributed by atoms with Crippen LogP contribution in [0.15, 0.2) is 72.8 Å². The lowest BCUT2D eigenvalue weighted by molar-refractivity contribution is -0.385. The van der Waals surface area contributed by atoms with Gasteiger partial charge in [0.2, 0.25) is 0 Å². The van der Waals surface area contributed by atoms with E-state index < -0.39 is 10.8 Å². The van der Waals surface area contributed by atoms with Gasteiger partial charge in [-0.3, -0.25) is 14.9 Å². The van der Waals surface area contributed by atoms with E-state index in [9.17, 15) is 14.9 Å². The van der Waals surface area contributed by atoms with Gasteiger partial charge in [-0.25, -0.2) is 0 Å². The van der Waals surface area contributed by atoms with Crippen LogP contribution in [0, 0.1) is 10.1 Å². The molecule has 3 rings (SSSR count). The van der Waals surface area contributed by atoms with Crippen molar-refractivity contribution in [3.8, 4) is 22.6 Å². The molecular formula is C22H20N2O5. The number of carbonyl (C=O) groups is 1. The second-order valence-corrected chi connectivity index (χ2v) is 6.11. The van der Waals surface area contributed by atoms with Crippen LogP contribution in [0.25, 0.3) is 11.1 Å². The van der Waals surface area contributed by atoms with Crippen molar-refractivity contribution < 1.29 is 19.2 Å². The van der Waals surface area contributed by atoms with E-state index in [0.717, 1.165) is 11.1 Å². The van der Waals surface area contributed by atoms with E-state index in [2.05, 4.69) is 5.32 Å². The van der Waals surface area contributed by atoms with Gasteiger partial charge in [0, 0.05) is 11.6 Å². The maximum absolute atomic E-state index is 12.4. The number of nitrogens with one attached hydrogen (secondary N) is 1. The molecule has 0 heterocycles. The highest BCUT2D eigenvalue weighted by molar-refractivity contribution is 5.98. The Bertz CT molecular complexity index is 1010. The van der Waals surface area contributed by atoms with Crippen molar-refractivity contribution in [2.75, 3.05) is 20.3 Å². The highest BCUT2D eigenvalue weighted by Gasteiger charge is 2.20. The molecule has 0 aromatic heterocycles. The average molecular weight is 392 g/mol. The van der Waals surface area contributed by atoms with E-state index in [-0.39, 0.29) is 24.4 Å². The quantitative estimate of drug-likeness (QED) is 0.354. The van der Waals surface area contributed by atoms with Crippen LogP contribution in [0.4, 0.5) is 5.69 Å². The summed E-state index contributed by atoms with van der Waals surface area (Å²) < 4.78 is 10.9. The van der Waals surface area contributed by atoms with Crippen molar-refractivity contribution in [1.82, 2.24) is 5.32 Å². The first kappa shape index (κ1) is 19.9. The number of nitrogens with zero attached hydrogens (tertiary/aromatic N) is 1. The van der Waals surface area contributed by atoms with Gasteiger partial charge in [0.25, 0.3) is 11.6 Å². The fourth-order valence-electron chi connectivity index (χ4n) is 2.85. The lowest BCUT2D eigenvalue weighted by Crippen LogP contribution is -2.28. The molecule has 0 bridgehead atoms. The van der Waals surface area contributed by atoms with Crippen LogP contribution in [0.5, 0.6) is 11.5 Å². The molecule has 0 atom stereocenters. The summed E-state index contributed by atoms with van der Waals surface area (Å²) in [5.74, 6) is 0.504. The van der Waals surface area contributed by atoms with Crippen LogP contribution >= 0.6 is 0 Å². The molecule has 3 aromatic carbocycles. The molecule has 29 heavy (non-hydrogen) atoms. The van der Waals surface area contributed by atoms with Crippen molar-refractivity contribution >= 4 is 11.6 Å². The summed E-state index contributed by atoms with van der Waals surface area (Å²) >= 11 is 0. The third-order valence-corrected chi connectivity index (χ3v) is 4.26. The topological polar surface area (TPSA) is 90.7 Å². The number of ether oxygens (including phenoxy) is 2. The monoisotopic (exact) mass is 392 g/mol. The number of hydrogen-bond acceptors (Lipinski definition) is 5. The summed E-state index contributed by atoms with van der Waals surface area (Å²) in [4.78, 5) is 23.0. The molecule has 0 fully saturated rings. The van der Waals surface area contributed by atoms with E-state index in [0.29, 0.717) is 11.5 Å². The molecule has 0 spiro atoms. The molecule has 0 unspecified atom stereocenters. The smallest absolute Gasteiger partial charge is 0.282 e. The predicted octanol–water partition coefficient (Wildman–Crippen LogP) is 4.08. The summed E-state index contributed by atoms with van der Waals surface area (Å²) in [6.45, 7) is 0.406. The molecule has 7 nitrogen and oxygen atoms in total. The van der Waals surface area contributed by atoms with Crippen LogP contribution in [-0.2, 0) is 0 Å². The number of methoxy groups -OCH3 is 1. The first-order valence-electron chi connectivity index (χ1n) is 8.98. The van der Waals surface area contributed by atoms with Crippen molar-refractivity contribution in [3.63, 3.8) is 0 Å². The Morgan fingerprint density at radius 1 is 1.03 bits per heavy atom. The third kappa shape index (κ3) is 4.90. The first-order valence-corrected chi connectivity index (χ1v) is 8.98. The van der Waals surface area contributed by atoms with Gasteiger partial charge >= 0.3 is 0 Å². The Balaban J connectivity index is 1.64. The van der Waals surface area contributed by atoms with Gasteiger partial charge in [-0.1, -0.05) is 48.5 Å². The van der Waals surface area contributed by atoms with Gasteiger partial charge in [-0.15, -0.1) is 0 Å². The van der Waals surface area contributed by atoms with Gasteiger partial charge in [-0.05, 0) is 23.8 Å². The minimum Gasteiger partial charge on any atom is -0.497 e. The van der Waals surface area contributed by atoms with Crippen molar-refractivity contribution in [3.05, 3.63) is 88.5 Å². The van der Waals surface area contributed by atoms with E-state index in [1.54, 1.807) is 0 Å². The van der Waals surface area contributed by atoms with Crippen LogP contribution in [-0.4, -0.2) is 31.1 Å². The first-order chi connectivity index (χ1) is 14.1. The van der Waals surface area contributed by atoms with E-state index >= 15 is 0 Å². The lowest BCUT2D eigenvalue weighted by Gasteiger charge is -2.12. The Morgan fingerprint density at radius 2 is 1.76 bits per heavy atom. The standard InChI is InChI=1S/C22H20N2O5/c1-28-17-11-12-20(24(26)27)19(15-17)22(25)23-13-14-29-21-10-6-5-9-18(21)16-7-3-2-4-8-16/h2-12,15H,13-14H2,1H3,(H,23,25). The molecule has 7 heteroatoms. The number of hydrogen-bond donors (Lipinski definition) is 1. The number of benzene rings is 3. The van der Waals surface area contributed by atoms with Crippen molar-refractivity contribution in [1.29, 1.82) is 0 Å². The molecule has 0 aliphatic rings. The number of rotatable bonds is 8. The fourth-order valence-corrected chi connectivity index (χ4v) is 2.85. The number of nitro benzene ring substituents is 1. The minimum atomic E-state index is -0.596. The fraction of sp³-hybridized carbons (Fsp3) is 0.136. The molecule has 0 radical (unpaired) electrons. The zero-order valence-corrected chi connectivity index (χ0v) is 15.8. The van der Waals surface area contributed by atoms with Gasteiger partial charge in [-0.2, -0.15) is 0 Å². The molecule has 0 aliphatic heterocycles. The number of nitro groups is 1. The maximum Gasteiger partial charge on any atom is 0.282 e. The van der Waals surface area contributed by atoms with Gasteiger partial charge in [0.05, 0.1) is 18.6 Å². The Hall–Kier alpha value is -3.87. The van der Waals surface area contributed by atoms with E-state index in [1.165, 1.54) is 25.3 Å². The summed E-state index contributed by atoms with van der Waals surface area (Å²) in [5, 5.41) is 13.8. The second-order valence-electron chi connectivity index (χ2n) is 6.11. The Kier molecular flexibility index (Phi) is 6.42. The number of para-hydroxylation sites is 1. The SMILES string of the molecule is COc1ccc([N+](=O)[O-])c(C(=O)NCCOc2ccccc2-c2ccccc2)c1. The van der Waals surface area contributed by atoms with E-state index in [1.807, 2.05) is 54.6 Å². The number of amides is 1. The largest absolute Gasteiger partial charge is 0.497 e. The van der Waals surface area contributed by atoms with Crippen molar-refractivity contribution in [2.45, 2.75) is 0 Å². The van der Waals surface area contributed by atoms with E-state index in [4.69, 9.17) is 9.47 Å². The van der Waals surface area contributed by atoms with Gasteiger partial charge < -0.3 is 14.8 Å². The summed E-state index contributed by atoms with van der Waals surface area (Å²) in [5.41, 5.74) is 1.64. The molecule has 0 saturated heterocycles. The average Bonchev–Trinajstić information content (AvgIpc) is 2.77. The van der Waals surface area contributed by atoms with Crippen LogP contribution < -0.4 is 14.8 Å².